The van der Waals surface area contributed by atoms with Crippen LogP contribution in [0, 0.1) is 13.8 Å². The van der Waals surface area contributed by atoms with E-state index < -0.39 is 18.0 Å². The predicted molar refractivity (Wildman–Crippen MR) is 144 cm³/mol. The minimum atomic E-state index is -1.15. The highest BCUT2D eigenvalue weighted by Gasteiger charge is 2.27. The second-order valence-corrected chi connectivity index (χ2v) is 8.79. The molecule has 5 aromatic rings. The molecule has 1 atom stereocenters. The fourth-order valence-corrected chi connectivity index (χ4v) is 4.13. The van der Waals surface area contributed by atoms with Crippen molar-refractivity contribution in [2.24, 2.45) is 0 Å². The van der Waals surface area contributed by atoms with Gasteiger partial charge in [0.15, 0.2) is 0 Å². The number of nitrogens with one attached hydrogen (secondary N) is 1. The van der Waals surface area contributed by atoms with Crippen LogP contribution in [0.1, 0.15) is 33.2 Å². The van der Waals surface area contributed by atoms with Gasteiger partial charge in [0.1, 0.15) is 0 Å². The number of ether oxygens (including phenoxy) is 1. The van der Waals surface area contributed by atoms with E-state index in [1.54, 1.807) is 24.4 Å². The number of esters is 1. The first-order chi connectivity index (χ1) is 18.0. The quantitative estimate of drug-likeness (QED) is 0.278. The second-order valence-electron chi connectivity index (χ2n) is 8.79. The van der Waals surface area contributed by atoms with Gasteiger partial charge in [0.05, 0.1) is 22.5 Å². The van der Waals surface area contributed by atoms with Gasteiger partial charge in [-0.1, -0.05) is 66.7 Å². The number of hydrogen-bond donors (Lipinski definition) is 1. The van der Waals surface area contributed by atoms with Gasteiger partial charge in [-0.2, -0.15) is 0 Å². The Balaban J connectivity index is 1.53. The van der Waals surface area contributed by atoms with Gasteiger partial charge in [-0.25, -0.2) is 9.78 Å². The topological polar surface area (TPSA) is 81.2 Å². The van der Waals surface area contributed by atoms with Crippen LogP contribution in [-0.4, -0.2) is 21.8 Å². The Morgan fingerprint density at radius 3 is 2.35 bits per heavy atom. The minimum absolute atomic E-state index is 0.312. The van der Waals surface area contributed by atoms with Gasteiger partial charge in [-0.3, -0.25) is 9.78 Å². The Kier molecular flexibility index (Phi) is 6.72. The summed E-state index contributed by atoms with van der Waals surface area (Å²) in [6.45, 7) is 3.87. The summed E-state index contributed by atoms with van der Waals surface area (Å²) in [6.07, 6.45) is 0.520. The molecule has 0 fully saturated rings. The standard InChI is InChI=1S/C31H25N3O3/c1-20-15-16-21(2)27(18-20)34-30(35)29(22-10-4-3-5-11-22)37-31(36)24-19-28(26-14-8-9-17-32-26)33-25-13-7-6-12-23(24)25/h3-19,29H,1-2H3,(H,34,35). The Labute approximate surface area is 215 Å². The largest absolute Gasteiger partial charge is 0.444 e. The molecule has 2 aromatic heterocycles. The van der Waals surface area contributed by atoms with Gasteiger partial charge in [0, 0.05) is 22.8 Å². The van der Waals surface area contributed by atoms with E-state index in [4.69, 9.17) is 4.74 Å². The number of rotatable bonds is 6. The molecule has 6 heteroatoms. The van der Waals surface area contributed by atoms with Crippen LogP contribution in [0.25, 0.3) is 22.3 Å². The Hall–Kier alpha value is -4.84. The third-order valence-electron chi connectivity index (χ3n) is 6.08. The normalized spacial score (nSPS) is 11.6. The summed E-state index contributed by atoms with van der Waals surface area (Å²) < 4.78 is 5.93. The first-order valence-corrected chi connectivity index (χ1v) is 11.9. The summed E-state index contributed by atoms with van der Waals surface area (Å²) >= 11 is 0. The van der Waals surface area contributed by atoms with Crippen molar-refractivity contribution in [1.29, 1.82) is 0 Å². The van der Waals surface area contributed by atoms with Crippen molar-refractivity contribution in [3.05, 3.63) is 126 Å². The molecule has 0 spiro atoms. The Morgan fingerprint density at radius 1 is 0.811 bits per heavy atom. The van der Waals surface area contributed by atoms with Gasteiger partial charge in [-0.05, 0) is 55.3 Å². The van der Waals surface area contributed by atoms with E-state index in [1.807, 2.05) is 92.7 Å². The van der Waals surface area contributed by atoms with E-state index in [2.05, 4.69) is 15.3 Å². The van der Waals surface area contributed by atoms with E-state index in [-0.39, 0.29) is 0 Å². The number of nitrogens with zero attached hydrogens (tertiary/aromatic N) is 2. The molecule has 0 radical (unpaired) electrons. The van der Waals surface area contributed by atoms with Gasteiger partial charge in [0.2, 0.25) is 6.10 Å². The van der Waals surface area contributed by atoms with Crippen LogP contribution in [-0.2, 0) is 9.53 Å². The highest BCUT2D eigenvalue weighted by atomic mass is 16.5. The van der Waals surface area contributed by atoms with E-state index in [0.29, 0.717) is 39.1 Å². The van der Waals surface area contributed by atoms with E-state index in [0.717, 1.165) is 11.1 Å². The predicted octanol–water partition coefficient (Wildman–Crippen LogP) is 6.45. The van der Waals surface area contributed by atoms with Crippen LogP contribution in [0.2, 0.25) is 0 Å². The van der Waals surface area contributed by atoms with Gasteiger partial charge in [0.25, 0.3) is 5.91 Å². The van der Waals surface area contributed by atoms with Crippen molar-refractivity contribution < 1.29 is 14.3 Å². The zero-order chi connectivity index (χ0) is 25.8. The lowest BCUT2D eigenvalue weighted by molar-refractivity contribution is -0.125. The lowest BCUT2D eigenvalue weighted by Crippen LogP contribution is -2.26. The summed E-state index contributed by atoms with van der Waals surface area (Å²) in [4.78, 5) is 36.2. The third-order valence-corrected chi connectivity index (χ3v) is 6.08. The molecule has 0 saturated carbocycles. The molecule has 0 aliphatic carbocycles. The van der Waals surface area contributed by atoms with Crippen LogP contribution in [0.4, 0.5) is 5.69 Å². The Bertz CT molecular complexity index is 1580. The maximum absolute atomic E-state index is 13.7. The second kappa shape index (κ2) is 10.4. The number of hydrogen-bond acceptors (Lipinski definition) is 5. The fraction of sp³-hybridized carbons (Fsp3) is 0.0968. The number of para-hydroxylation sites is 1. The number of benzene rings is 3. The average Bonchev–Trinajstić information content (AvgIpc) is 2.94. The third kappa shape index (κ3) is 5.23. The maximum atomic E-state index is 13.7. The number of aromatic nitrogens is 2. The summed E-state index contributed by atoms with van der Waals surface area (Å²) in [5.74, 6) is -1.06. The molecule has 1 amide bonds. The molecule has 1 N–H and O–H groups in total. The van der Waals surface area contributed by atoms with Crippen LogP contribution in [0.15, 0.2) is 103 Å². The smallest absolute Gasteiger partial charge is 0.340 e. The van der Waals surface area contributed by atoms with Gasteiger partial charge >= 0.3 is 5.97 Å². The van der Waals surface area contributed by atoms with Crippen molar-refractivity contribution in [3.8, 4) is 11.4 Å². The van der Waals surface area contributed by atoms with Crippen LogP contribution in [0.3, 0.4) is 0 Å². The van der Waals surface area contributed by atoms with Crippen molar-refractivity contribution in [2.75, 3.05) is 5.32 Å². The first kappa shape index (κ1) is 23.9. The summed E-state index contributed by atoms with van der Waals surface area (Å²) in [5, 5.41) is 3.58. The summed E-state index contributed by atoms with van der Waals surface area (Å²) in [7, 11) is 0. The lowest BCUT2D eigenvalue weighted by Gasteiger charge is -2.20. The molecule has 37 heavy (non-hydrogen) atoms. The molecular formula is C31H25N3O3. The molecule has 1 unspecified atom stereocenters. The number of carbonyl (C=O) groups excluding carboxylic acids is 2. The zero-order valence-corrected chi connectivity index (χ0v) is 20.5. The first-order valence-electron chi connectivity index (χ1n) is 11.9. The van der Waals surface area contributed by atoms with E-state index >= 15 is 0 Å². The number of aryl methyl sites for hydroxylation is 2. The van der Waals surface area contributed by atoms with E-state index in [9.17, 15) is 9.59 Å². The highest BCUT2D eigenvalue weighted by Crippen LogP contribution is 2.28. The van der Waals surface area contributed by atoms with Crippen LogP contribution >= 0.6 is 0 Å². The molecule has 0 aliphatic heterocycles. The van der Waals surface area contributed by atoms with Crippen molar-refractivity contribution in [1.82, 2.24) is 9.97 Å². The molecular weight excluding hydrogens is 462 g/mol. The fourth-order valence-electron chi connectivity index (χ4n) is 4.13. The van der Waals surface area contributed by atoms with Crippen LogP contribution < -0.4 is 5.32 Å². The summed E-state index contributed by atoms with van der Waals surface area (Å²) in [6, 6.07) is 29.3. The zero-order valence-electron chi connectivity index (χ0n) is 20.5. The van der Waals surface area contributed by atoms with Crippen LogP contribution in [0.5, 0.6) is 0 Å². The SMILES string of the molecule is Cc1ccc(C)c(NC(=O)C(OC(=O)c2cc(-c3ccccn3)nc3ccccc23)c2ccccc2)c1. The molecule has 5 rings (SSSR count). The molecule has 2 heterocycles. The molecule has 3 aromatic carbocycles. The van der Waals surface area contributed by atoms with E-state index in [1.165, 1.54) is 0 Å². The lowest BCUT2D eigenvalue weighted by atomic mass is 10.1. The molecule has 0 bridgehead atoms. The minimum Gasteiger partial charge on any atom is -0.444 e. The average molecular weight is 488 g/mol. The molecule has 182 valence electrons. The van der Waals surface area contributed by atoms with Crippen molar-refractivity contribution >= 4 is 28.5 Å². The molecule has 0 saturated heterocycles. The molecule has 6 nitrogen and oxygen atoms in total. The number of fused-ring (bicyclic) bond motifs is 1. The number of carbonyl (C=O) groups is 2. The Morgan fingerprint density at radius 2 is 1.57 bits per heavy atom. The maximum Gasteiger partial charge on any atom is 0.340 e. The monoisotopic (exact) mass is 487 g/mol. The molecule has 0 aliphatic rings. The number of amides is 1. The number of anilines is 1. The number of pyridine rings is 2. The highest BCUT2D eigenvalue weighted by molar-refractivity contribution is 6.06. The van der Waals surface area contributed by atoms with Gasteiger partial charge < -0.3 is 10.1 Å². The summed E-state index contributed by atoms with van der Waals surface area (Å²) in [5.41, 5.74) is 5.30. The van der Waals surface area contributed by atoms with Gasteiger partial charge in [-0.15, -0.1) is 0 Å². The van der Waals surface area contributed by atoms with Crippen molar-refractivity contribution in [2.45, 2.75) is 20.0 Å². The van der Waals surface area contributed by atoms with Crippen molar-refractivity contribution in [3.63, 3.8) is 0 Å².